The van der Waals surface area contributed by atoms with E-state index >= 15 is 0 Å². The Hall–Kier alpha value is -1.15. The minimum Gasteiger partial charge on any atom is -0.305 e. The topological polar surface area (TPSA) is 29.1 Å². The summed E-state index contributed by atoms with van der Waals surface area (Å²) in [7, 11) is 0. The van der Waals surface area contributed by atoms with Crippen LogP contribution in [-0.2, 0) is 0 Å². The van der Waals surface area contributed by atoms with E-state index in [0.717, 1.165) is 37.3 Å². The maximum atomic E-state index is 12.7. The van der Waals surface area contributed by atoms with Crippen LogP contribution in [0.2, 0.25) is 0 Å². The zero-order valence-electron chi connectivity index (χ0n) is 11.7. The first-order valence-electron chi connectivity index (χ1n) is 7.65. The molecule has 0 bridgehead atoms. The average Bonchev–Trinajstić information content (AvgIpc) is 2.87. The Morgan fingerprint density at radius 2 is 2.00 bits per heavy atom. The lowest BCUT2D eigenvalue weighted by Crippen LogP contribution is -2.47. The molecule has 0 radical (unpaired) electrons. The number of rotatable bonds is 4. The van der Waals surface area contributed by atoms with E-state index < -0.39 is 0 Å². The van der Waals surface area contributed by atoms with Crippen LogP contribution in [0.3, 0.4) is 0 Å². The number of benzene rings is 1. The first-order chi connectivity index (χ1) is 9.25. The van der Waals surface area contributed by atoms with Crippen molar-refractivity contribution in [2.24, 2.45) is 0 Å². The Morgan fingerprint density at radius 3 is 2.47 bits per heavy atom. The van der Waals surface area contributed by atoms with Crippen molar-refractivity contribution in [3.8, 4) is 0 Å². The molecule has 2 nitrogen and oxygen atoms in total. The summed E-state index contributed by atoms with van der Waals surface area (Å²) in [5.41, 5.74) is 1.99. The predicted molar refractivity (Wildman–Crippen MR) is 77.6 cm³/mol. The van der Waals surface area contributed by atoms with Gasteiger partial charge in [0.2, 0.25) is 0 Å². The summed E-state index contributed by atoms with van der Waals surface area (Å²) >= 11 is 0. The highest BCUT2D eigenvalue weighted by atomic mass is 16.1. The van der Waals surface area contributed by atoms with Gasteiger partial charge in [0.1, 0.15) is 0 Å². The van der Waals surface area contributed by atoms with Crippen LogP contribution in [0.25, 0.3) is 0 Å². The van der Waals surface area contributed by atoms with Gasteiger partial charge in [0.05, 0.1) is 5.54 Å². The van der Waals surface area contributed by atoms with Crippen LogP contribution in [0, 0.1) is 0 Å². The Morgan fingerprint density at radius 1 is 1.26 bits per heavy atom. The molecule has 1 aliphatic heterocycles. The lowest BCUT2D eigenvalue weighted by molar-refractivity contribution is 0.0864. The molecular formula is C17H23NO. The van der Waals surface area contributed by atoms with Gasteiger partial charge in [-0.1, -0.05) is 37.6 Å². The fraction of sp³-hybridized carbons (Fsp3) is 0.588. The summed E-state index contributed by atoms with van der Waals surface area (Å²) in [6.45, 7) is 3.08. The summed E-state index contributed by atoms with van der Waals surface area (Å²) in [6, 6.07) is 8.39. The largest absolute Gasteiger partial charge is 0.305 e. The van der Waals surface area contributed by atoms with Crippen LogP contribution in [0.5, 0.6) is 0 Å². The van der Waals surface area contributed by atoms with Crippen molar-refractivity contribution in [1.29, 1.82) is 0 Å². The smallest absolute Gasteiger partial charge is 0.182 e. The molecular weight excluding hydrogens is 234 g/mol. The van der Waals surface area contributed by atoms with Gasteiger partial charge in [-0.2, -0.15) is 0 Å². The summed E-state index contributed by atoms with van der Waals surface area (Å²) < 4.78 is 0. The molecule has 1 atom stereocenters. The lowest BCUT2D eigenvalue weighted by Gasteiger charge is -2.28. The second kappa shape index (κ2) is 5.09. The standard InChI is InChI=1S/C17H23NO/c1-2-17(11-4-12-18-17)16(19)15-9-7-14(8-10-15)13-5-3-6-13/h7-10,13,18H,2-6,11-12H2,1H3. The van der Waals surface area contributed by atoms with Crippen molar-refractivity contribution < 1.29 is 4.79 Å². The highest BCUT2D eigenvalue weighted by molar-refractivity contribution is 6.03. The van der Waals surface area contributed by atoms with Crippen molar-refractivity contribution >= 4 is 5.78 Å². The van der Waals surface area contributed by atoms with Gasteiger partial charge in [-0.25, -0.2) is 0 Å². The molecule has 0 amide bonds. The third kappa shape index (κ3) is 2.23. The monoisotopic (exact) mass is 257 g/mol. The van der Waals surface area contributed by atoms with E-state index in [2.05, 4.69) is 24.4 Å². The van der Waals surface area contributed by atoms with E-state index in [0.29, 0.717) is 0 Å². The number of carbonyl (C=O) groups is 1. The molecule has 3 rings (SSSR count). The fourth-order valence-corrected chi connectivity index (χ4v) is 3.39. The van der Waals surface area contributed by atoms with E-state index in [4.69, 9.17) is 0 Å². The first kappa shape index (κ1) is 12.9. The minimum atomic E-state index is -0.294. The molecule has 102 valence electrons. The van der Waals surface area contributed by atoms with Gasteiger partial charge < -0.3 is 5.32 Å². The molecule has 1 saturated carbocycles. The number of Topliss-reactive ketones (excluding diaryl/α,β-unsaturated/α-hetero) is 1. The Balaban J connectivity index is 1.79. The molecule has 1 aliphatic carbocycles. The van der Waals surface area contributed by atoms with Gasteiger partial charge in [-0.3, -0.25) is 4.79 Å². The molecule has 1 saturated heterocycles. The Bertz CT molecular complexity index is 453. The van der Waals surface area contributed by atoms with Crippen LogP contribution in [0.15, 0.2) is 24.3 Å². The van der Waals surface area contributed by atoms with Crippen LogP contribution in [0.1, 0.15) is 67.3 Å². The molecule has 1 aromatic carbocycles. The minimum absolute atomic E-state index is 0.285. The SMILES string of the molecule is CCC1(C(=O)c2ccc(C3CCC3)cc2)CCCN1. The van der Waals surface area contributed by atoms with Crippen molar-refractivity contribution in [2.45, 2.75) is 56.9 Å². The Labute approximate surface area is 115 Å². The van der Waals surface area contributed by atoms with E-state index in [-0.39, 0.29) is 11.3 Å². The highest BCUT2D eigenvalue weighted by Gasteiger charge is 2.39. The number of hydrogen-bond acceptors (Lipinski definition) is 2. The first-order valence-corrected chi connectivity index (χ1v) is 7.65. The average molecular weight is 257 g/mol. The van der Waals surface area contributed by atoms with E-state index in [9.17, 15) is 4.79 Å². The summed E-state index contributed by atoms with van der Waals surface area (Å²) in [6.07, 6.45) is 6.96. The molecule has 0 spiro atoms. The zero-order chi connectivity index (χ0) is 13.3. The zero-order valence-corrected chi connectivity index (χ0v) is 11.7. The molecule has 2 aliphatic rings. The van der Waals surface area contributed by atoms with Gasteiger partial charge in [0.25, 0.3) is 0 Å². The molecule has 0 aromatic heterocycles. The molecule has 19 heavy (non-hydrogen) atoms. The van der Waals surface area contributed by atoms with Gasteiger partial charge in [0.15, 0.2) is 5.78 Å². The second-order valence-corrected chi connectivity index (χ2v) is 6.04. The number of hydrogen-bond donors (Lipinski definition) is 1. The quantitative estimate of drug-likeness (QED) is 0.834. The second-order valence-electron chi connectivity index (χ2n) is 6.04. The number of nitrogens with one attached hydrogen (secondary N) is 1. The van der Waals surface area contributed by atoms with E-state index in [1.54, 1.807) is 0 Å². The van der Waals surface area contributed by atoms with Gasteiger partial charge >= 0.3 is 0 Å². The van der Waals surface area contributed by atoms with Gasteiger partial charge in [0, 0.05) is 5.56 Å². The molecule has 1 unspecified atom stereocenters. The summed E-state index contributed by atoms with van der Waals surface area (Å²) in [5, 5.41) is 3.43. The normalized spacial score (nSPS) is 27.2. The van der Waals surface area contributed by atoms with Crippen LogP contribution < -0.4 is 5.32 Å². The summed E-state index contributed by atoms with van der Waals surface area (Å²) in [4.78, 5) is 12.7. The Kier molecular flexibility index (Phi) is 3.44. The van der Waals surface area contributed by atoms with E-state index in [1.165, 1.54) is 24.8 Å². The van der Waals surface area contributed by atoms with Crippen LogP contribution in [0.4, 0.5) is 0 Å². The molecule has 1 aromatic rings. The van der Waals surface area contributed by atoms with Gasteiger partial charge in [-0.15, -0.1) is 0 Å². The fourth-order valence-electron chi connectivity index (χ4n) is 3.39. The van der Waals surface area contributed by atoms with Crippen molar-refractivity contribution in [3.63, 3.8) is 0 Å². The highest BCUT2D eigenvalue weighted by Crippen LogP contribution is 2.36. The van der Waals surface area contributed by atoms with Crippen LogP contribution >= 0.6 is 0 Å². The molecule has 1 N–H and O–H groups in total. The third-order valence-corrected chi connectivity index (χ3v) is 5.03. The molecule has 2 heteroatoms. The number of carbonyl (C=O) groups excluding carboxylic acids is 1. The maximum absolute atomic E-state index is 12.7. The number of ketones is 1. The maximum Gasteiger partial charge on any atom is 0.182 e. The van der Waals surface area contributed by atoms with Gasteiger partial charge in [-0.05, 0) is 50.1 Å². The van der Waals surface area contributed by atoms with Crippen molar-refractivity contribution in [2.75, 3.05) is 6.54 Å². The molecule has 1 heterocycles. The van der Waals surface area contributed by atoms with Crippen molar-refractivity contribution in [3.05, 3.63) is 35.4 Å². The lowest BCUT2D eigenvalue weighted by atomic mass is 9.79. The third-order valence-electron chi connectivity index (χ3n) is 5.03. The van der Waals surface area contributed by atoms with E-state index in [1.807, 2.05) is 12.1 Å². The van der Waals surface area contributed by atoms with Crippen LogP contribution in [-0.4, -0.2) is 17.9 Å². The van der Waals surface area contributed by atoms with Crippen molar-refractivity contribution in [1.82, 2.24) is 5.32 Å². The molecule has 2 fully saturated rings. The summed E-state index contributed by atoms with van der Waals surface area (Å²) in [5.74, 6) is 1.03. The predicted octanol–water partition coefficient (Wildman–Crippen LogP) is 3.67.